The van der Waals surface area contributed by atoms with Crippen LogP contribution < -0.4 is 0 Å². The monoisotopic (exact) mass is 234 g/mol. The van der Waals surface area contributed by atoms with Gasteiger partial charge in [-0.05, 0) is 17.9 Å². The zero-order chi connectivity index (χ0) is 11.5. The predicted octanol–water partition coefficient (Wildman–Crippen LogP) is 3.60. The molecular weight excluding hydrogens is 225 g/mol. The topological polar surface area (TPSA) is 17.1 Å². The SMILES string of the molecule is CCSC(=O)c1ccccc1C(F)(F)F. The van der Waals surface area contributed by atoms with Crippen LogP contribution in [0.25, 0.3) is 0 Å². The highest BCUT2D eigenvalue weighted by Gasteiger charge is 2.34. The molecule has 0 aliphatic heterocycles. The summed E-state index contributed by atoms with van der Waals surface area (Å²) in [5, 5.41) is -0.537. The van der Waals surface area contributed by atoms with E-state index in [1.807, 2.05) is 0 Å². The molecule has 82 valence electrons. The smallest absolute Gasteiger partial charge is 0.282 e. The highest BCUT2D eigenvalue weighted by Crippen LogP contribution is 2.33. The van der Waals surface area contributed by atoms with Crippen molar-refractivity contribution in [2.45, 2.75) is 13.1 Å². The average molecular weight is 234 g/mol. The van der Waals surface area contributed by atoms with Crippen molar-refractivity contribution in [1.29, 1.82) is 0 Å². The van der Waals surface area contributed by atoms with Crippen LogP contribution in [-0.4, -0.2) is 10.9 Å². The maximum atomic E-state index is 12.5. The third-order valence-electron chi connectivity index (χ3n) is 1.73. The standard InChI is InChI=1S/C10H9F3OS/c1-2-15-9(14)7-5-3-4-6-8(7)10(11,12)13/h3-6H,2H2,1H3. The van der Waals surface area contributed by atoms with E-state index >= 15 is 0 Å². The molecule has 0 amide bonds. The van der Waals surface area contributed by atoms with Gasteiger partial charge in [0, 0.05) is 5.56 Å². The van der Waals surface area contributed by atoms with E-state index in [9.17, 15) is 18.0 Å². The van der Waals surface area contributed by atoms with Crippen LogP contribution in [-0.2, 0) is 6.18 Å². The lowest BCUT2D eigenvalue weighted by molar-refractivity contribution is -0.137. The van der Waals surface area contributed by atoms with Crippen molar-refractivity contribution in [2.75, 3.05) is 5.75 Å². The second-order valence-corrected chi connectivity index (χ2v) is 4.00. The summed E-state index contributed by atoms with van der Waals surface area (Å²) in [6.07, 6.45) is -4.47. The Morgan fingerprint density at radius 2 is 1.93 bits per heavy atom. The number of thioether (sulfide) groups is 1. The Morgan fingerprint density at radius 1 is 1.33 bits per heavy atom. The van der Waals surface area contributed by atoms with Crippen molar-refractivity contribution in [3.8, 4) is 0 Å². The molecule has 0 aliphatic rings. The van der Waals surface area contributed by atoms with Crippen LogP contribution in [0.5, 0.6) is 0 Å². The quantitative estimate of drug-likeness (QED) is 0.777. The van der Waals surface area contributed by atoms with Crippen LogP contribution >= 0.6 is 11.8 Å². The maximum absolute atomic E-state index is 12.5. The van der Waals surface area contributed by atoms with Crippen molar-refractivity contribution < 1.29 is 18.0 Å². The summed E-state index contributed by atoms with van der Waals surface area (Å²) in [7, 11) is 0. The summed E-state index contributed by atoms with van der Waals surface area (Å²) in [4.78, 5) is 11.4. The lowest BCUT2D eigenvalue weighted by Crippen LogP contribution is -2.11. The number of halogens is 3. The minimum absolute atomic E-state index is 0.267. The molecule has 0 aromatic heterocycles. The number of hydrogen-bond donors (Lipinski definition) is 0. The summed E-state index contributed by atoms with van der Waals surface area (Å²) in [6, 6.07) is 4.83. The molecule has 0 N–H and O–H groups in total. The van der Waals surface area contributed by atoms with Gasteiger partial charge in [0.15, 0.2) is 0 Å². The fourth-order valence-electron chi connectivity index (χ4n) is 1.12. The molecule has 0 spiro atoms. The van der Waals surface area contributed by atoms with Gasteiger partial charge in [-0.25, -0.2) is 0 Å². The van der Waals surface area contributed by atoms with Gasteiger partial charge < -0.3 is 0 Å². The molecule has 15 heavy (non-hydrogen) atoms. The van der Waals surface area contributed by atoms with E-state index < -0.39 is 16.9 Å². The van der Waals surface area contributed by atoms with E-state index in [2.05, 4.69) is 0 Å². The zero-order valence-corrected chi connectivity index (χ0v) is 8.78. The highest BCUT2D eigenvalue weighted by molar-refractivity contribution is 8.14. The van der Waals surface area contributed by atoms with E-state index in [0.29, 0.717) is 5.75 Å². The van der Waals surface area contributed by atoms with E-state index in [0.717, 1.165) is 17.8 Å². The van der Waals surface area contributed by atoms with Crippen LogP contribution in [0.3, 0.4) is 0 Å². The fourth-order valence-corrected chi connectivity index (χ4v) is 1.71. The van der Waals surface area contributed by atoms with Crippen LogP contribution in [0.15, 0.2) is 24.3 Å². The molecule has 0 saturated carbocycles. The molecule has 0 aliphatic carbocycles. The Hall–Kier alpha value is -0.970. The lowest BCUT2D eigenvalue weighted by Gasteiger charge is -2.10. The lowest BCUT2D eigenvalue weighted by atomic mass is 10.1. The first-order valence-corrected chi connectivity index (χ1v) is 5.28. The molecule has 0 heterocycles. The van der Waals surface area contributed by atoms with Crippen molar-refractivity contribution in [3.63, 3.8) is 0 Å². The summed E-state index contributed by atoms with van der Waals surface area (Å²) in [5.74, 6) is 0.463. The molecule has 1 nitrogen and oxygen atoms in total. The Morgan fingerprint density at radius 3 is 2.47 bits per heavy atom. The summed E-state index contributed by atoms with van der Waals surface area (Å²) in [6.45, 7) is 1.72. The van der Waals surface area contributed by atoms with Gasteiger partial charge in [0.2, 0.25) is 5.12 Å². The Labute approximate surface area is 89.7 Å². The molecule has 1 rings (SSSR count). The first-order valence-electron chi connectivity index (χ1n) is 4.30. The predicted molar refractivity (Wildman–Crippen MR) is 53.9 cm³/mol. The number of carbonyl (C=O) groups excluding carboxylic acids is 1. The van der Waals surface area contributed by atoms with Gasteiger partial charge in [-0.2, -0.15) is 13.2 Å². The minimum atomic E-state index is -4.47. The van der Waals surface area contributed by atoms with Crippen LogP contribution in [0, 0.1) is 0 Å². The molecule has 0 fully saturated rings. The van der Waals surface area contributed by atoms with E-state index in [4.69, 9.17) is 0 Å². The van der Waals surface area contributed by atoms with Gasteiger partial charge in [-0.15, -0.1) is 0 Å². The summed E-state index contributed by atoms with van der Waals surface area (Å²) < 4.78 is 37.5. The number of hydrogen-bond acceptors (Lipinski definition) is 2. The van der Waals surface area contributed by atoms with Gasteiger partial charge in [-0.3, -0.25) is 4.79 Å². The molecular formula is C10H9F3OS. The number of carbonyl (C=O) groups is 1. The van der Waals surface area contributed by atoms with E-state index in [1.54, 1.807) is 6.92 Å². The molecule has 0 bridgehead atoms. The van der Waals surface area contributed by atoms with Gasteiger partial charge in [0.1, 0.15) is 0 Å². The Balaban J connectivity index is 3.12. The van der Waals surface area contributed by atoms with Crippen molar-refractivity contribution in [2.24, 2.45) is 0 Å². The molecule has 1 aromatic rings. The second kappa shape index (κ2) is 4.70. The van der Waals surface area contributed by atoms with Crippen molar-refractivity contribution in [3.05, 3.63) is 35.4 Å². The maximum Gasteiger partial charge on any atom is 0.417 e. The third kappa shape index (κ3) is 2.99. The molecule has 0 atom stereocenters. The van der Waals surface area contributed by atoms with Gasteiger partial charge in [-0.1, -0.05) is 30.8 Å². The minimum Gasteiger partial charge on any atom is -0.282 e. The van der Waals surface area contributed by atoms with Gasteiger partial charge in [0.05, 0.1) is 5.56 Å². The van der Waals surface area contributed by atoms with E-state index in [1.165, 1.54) is 18.2 Å². The fraction of sp³-hybridized carbons (Fsp3) is 0.300. The van der Waals surface area contributed by atoms with Crippen LogP contribution in [0.4, 0.5) is 13.2 Å². The van der Waals surface area contributed by atoms with E-state index in [-0.39, 0.29) is 5.56 Å². The molecule has 0 radical (unpaired) electrons. The molecule has 5 heteroatoms. The molecule has 0 saturated heterocycles. The third-order valence-corrected chi connectivity index (χ3v) is 2.50. The van der Waals surface area contributed by atoms with Crippen molar-refractivity contribution >= 4 is 16.9 Å². The normalized spacial score (nSPS) is 11.5. The summed E-state index contributed by atoms with van der Waals surface area (Å²) >= 11 is 0.876. The number of rotatable bonds is 2. The second-order valence-electron chi connectivity index (χ2n) is 2.76. The van der Waals surface area contributed by atoms with Crippen LogP contribution in [0.1, 0.15) is 22.8 Å². The number of alkyl halides is 3. The highest BCUT2D eigenvalue weighted by atomic mass is 32.2. The largest absolute Gasteiger partial charge is 0.417 e. The molecule has 1 aromatic carbocycles. The zero-order valence-electron chi connectivity index (χ0n) is 7.97. The van der Waals surface area contributed by atoms with Gasteiger partial charge >= 0.3 is 6.18 Å². The van der Waals surface area contributed by atoms with Gasteiger partial charge in [0.25, 0.3) is 0 Å². The Bertz CT molecular complexity index is 360. The molecule has 0 unspecified atom stereocenters. The number of benzene rings is 1. The first-order chi connectivity index (χ1) is 6.96. The first kappa shape index (κ1) is 12.1. The average Bonchev–Trinajstić information content (AvgIpc) is 2.17. The van der Waals surface area contributed by atoms with Crippen LogP contribution in [0.2, 0.25) is 0 Å². The van der Waals surface area contributed by atoms with Crippen molar-refractivity contribution in [1.82, 2.24) is 0 Å². The summed E-state index contributed by atoms with van der Waals surface area (Å²) in [5.41, 5.74) is -1.13. The Kier molecular flexibility index (Phi) is 3.79.